The molecule has 1 heterocycles. The lowest BCUT2D eigenvalue weighted by molar-refractivity contribution is 0.0117. The summed E-state index contributed by atoms with van der Waals surface area (Å²) in [5, 5.41) is 11.7. The topological polar surface area (TPSA) is 57.6 Å². The molecule has 0 aliphatic carbocycles. The number of benzene rings is 2. The number of fused-ring (bicyclic) bond motifs is 1. The minimum absolute atomic E-state index is 0.258. The first-order chi connectivity index (χ1) is 11.7. The van der Waals surface area contributed by atoms with Gasteiger partial charge >= 0.3 is 0 Å². The van der Waals surface area contributed by atoms with Crippen molar-refractivity contribution in [2.75, 3.05) is 19.3 Å². The van der Waals surface area contributed by atoms with E-state index in [-0.39, 0.29) is 4.90 Å². The molecule has 1 N–H and O–H groups in total. The number of aliphatic hydroxyl groups is 1. The molecule has 0 saturated heterocycles. The second kappa shape index (κ2) is 6.72. The largest absolute Gasteiger partial charge is 0.384 e. The first-order valence-corrected chi connectivity index (χ1v) is 10.5. The van der Waals surface area contributed by atoms with E-state index in [2.05, 4.69) is 11.0 Å². The second-order valence-electron chi connectivity index (χ2n) is 6.91. The Morgan fingerprint density at radius 1 is 1.20 bits per heavy atom. The van der Waals surface area contributed by atoms with Crippen LogP contribution in [0.4, 0.5) is 0 Å². The number of nitrogens with zero attached hydrogens (tertiary/aromatic N) is 1. The number of rotatable bonds is 4. The van der Waals surface area contributed by atoms with E-state index in [0.717, 1.165) is 24.5 Å². The van der Waals surface area contributed by atoms with E-state index in [0.29, 0.717) is 12.1 Å². The van der Waals surface area contributed by atoms with Crippen LogP contribution in [-0.2, 0) is 28.4 Å². The SMILES string of the molecule is CC(O)(CN1CCc2c(Cl)cccc2C1)c1ccc(S(C)(=O)=O)cc1. The predicted octanol–water partition coefficient (Wildman–Crippen LogP) is 3.01. The average molecular weight is 380 g/mol. The van der Waals surface area contributed by atoms with Gasteiger partial charge in [-0.25, -0.2) is 8.42 Å². The van der Waals surface area contributed by atoms with Gasteiger partial charge in [0.2, 0.25) is 0 Å². The Bertz CT molecular complexity index is 876. The van der Waals surface area contributed by atoms with Crippen LogP contribution in [0.15, 0.2) is 47.4 Å². The van der Waals surface area contributed by atoms with Gasteiger partial charge in [-0.05, 0) is 48.2 Å². The number of hydrogen-bond donors (Lipinski definition) is 1. The maximum absolute atomic E-state index is 11.6. The van der Waals surface area contributed by atoms with Crippen molar-refractivity contribution >= 4 is 21.4 Å². The monoisotopic (exact) mass is 379 g/mol. The summed E-state index contributed by atoms with van der Waals surface area (Å²) in [4.78, 5) is 2.46. The Kier molecular flexibility index (Phi) is 4.95. The van der Waals surface area contributed by atoms with Crippen molar-refractivity contribution in [3.8, 4) is 0 Å². The molecule has 0 fully saturated rings. The average Bonchev–Trinajstić information content (AvgIpc) is 2.54. The van der Waals surface area contributed by atoms with Crippen LogP contribution in [0.1, 0.15) is 23.6 Å². The van der Waals surface area contributed by atoms with Crippen LogP contribution in [0.5, 0.6) is 0 Å². The summed E-state index contributed by atoms with van der Waals surface area (Å²) in [6.07, 6.45) is 2.04. The van der Waals surface area contributed by atoms with E-state index < -0.39 is 15.4 Å². The Balaban J connectivity index is 1.76. The highest BCUT2D eigenvalue weighted by molar-refractivity contribution is 7.90. The first kappa shape index (κ1) is 18.4. The number of sulfone groups is 1. The first-order valence-electron chi connectivity index (χ1n) is 8.18. The molecule has 6 heteroatoms. The molecule has 1 atom stereocenters. The van der Waals surface area contributed by atoms with Crippen molar-refractivity contribution in [3.63, 3.8) is 0 Å². The van der Waals surface area contributed by atoms with Crippen LogP contribution in [0.25, 0.3) is 0 Å². The van der Waals surface area contributed by atoms with Gasteiger partial charge in [0.25, 0.3) is 0 Å². The van der Waals surface area contributed by atoms with E-state index in [9.17, 15) is 13.5 Å². The van der Waals surface area contributed by atoms with E-state index in [4.69, 9.17) is 11.6 Å². The van der Waals surface area contributed by atoms with Crippen LogP contribution < -0.4 is 0 Å². The minimum atomic E-state index is -3.23. The van der Waals surface area contributed by atoms with Gasteiger partial charge in [-0.1, -0.05) is 35.9 Å². The molecule has 0 bridgehead atoms. The summed E-state index contributed by atoms with van der Waals surface area (Å²) in [5.41, 5.74) is 2.03. The van der Waals surface area contributed by atoms with Gasteiger partial charge in [0.05, 0.1) is 10.5 Å². The van der Waals surface area contributed by atoms with Crippen molar-refractivity contribution in [3.05, 3.63) is 64.2 Å². The number of β-amino-alcohol motifs (C(OH)–C–C–N with tert-alkyl or cyclic N) is 1. The molecule has 2 aromatic carbocycles. The smallest absolute Gasteiger partial charge is 0.175 e. The van der Waals surface area contributed by atoms with E-state index >= 15 is 0 Å². The zero-order valence-electron chi connectivity index (χ0n) is 14.4. The normalized spacial score (nSPS) is 17.8. The van der Waals surface area contributed by atoms with Gasteiger partial charge in [0.1, 0.15) is 0 Å². The maximum atomic E-state index is 11.6. The highest BCUT2D eigenvalue weighted by Gasteiger charge is 2.29. The third-order valence-electron chi connectivity index (χ3n) is 4.72. The van der Waals surface area contributed by atoms with Crippen molar-refractivity contribution < 1.29 is 13.5 Å². The highest BCUT2D eigenvalue weighted by atomic mass is 35.5. The van der Waals surface area contributed by atoms with Crippen LogP contribution in [-0.4, -0.2) is 37.8 Å². The maximum Gasteiger partial charge on any atom is 0.175 e. The van der Waals surface area contributed by atoms with Crippen LogP contribution in [0, 0.1) is 0 Å². The van der Waals surface area contributed by atoms with E-state index in [1.54, 1.807) is 31.2 Å². The molecule has 1 aliphatic heterocycles. The molecule has 3 rings (SSSR count). The fourth-order valence-corrected chi connectivity index (χ4v) is 4.26. The fraction of sp³-hybridized carbons (Fsp3) is 0.368. The van der Waals surface area contributed by atoms with Gasteiger partial charge in [-0.3, -0.25) is 4.90 Å². The minimum Gasteiger partial charge on any atom is -0.384 e. The van der Waals surface area contributed by atoms with Crippen molar-refractivity contribution in [1.29, 1.82) is 0 Å². The van der Waals surface area contributed by atoms with E-state index in [1.807, 2.05) is 12.1 Å². The fourth-order valence-electron chi connectivity index (χ4n) is 3.34. The summed E-state index contributed by atoms with van der Waals surface area (Å²) in [7, 11) is -3.23. The lowest BCUT2D eigenvalue weighted by atomic mass is 9.93. The van der Waals surface area contributed by atoms with E-state index in [1.165, 1.54) is 17.4 Å². The van der Waals surface area contributed by atoms with Crippen LogP contribution >= 0.6 is 11.6 Å². The molecular formula is C19H22ClNO3S. The Morgan fingerprint density at radius 3 is 2.52 bits per heavy atom. The molecule has 0 radical (unpaired) electrons. The molecular weight excluding hydrogens is 358 g/mol. The van der Waals surface area contributed by atoms with Crippen LogP contribution in [0.2, 0.25) is 5.02 Å². The summed E-state index contributed by atoms with van der Waals surface area (Å²) < 4.78 is 23.1. The molecule has 134 valence electrons. The Labute approximate surface area is 154 Å². The Morgan fingerprint density at radius 2 is 1.88 bits per heavy atom. The Hall–Kier alpha value is -1.40. The molecule has 4 nitrogen and oxygen atoms in total. The second-order valence-corrected chi connectivity index (χ2v) is 9.33. The van der Waals surface area contributed by atoms with Crippen molar-refractivity contribution in [1.82, 2.24) is 4.90 Å². The molecule has 2 aromatic rings. The highest BCUT2D eigenvalue weighted by Crippen LogP contribution is 2.29. The van der Waals surface area contributed by atoms with Gasteiger partial charge in [-0.15, -0.1) is 0 Å². The van der Waals surface area contributed by atoms with Crippen LogP contribution in [0.3, 0.4) is 0 Å². The lowest BCUT2D eigenvalue weighted by Crippen LogP contribution is -2.41. The standard InChI is InChI=1S/C19H22ClNO3S/c1-19(22,15-6-8-16(9-7-15)25(2,23)24)13-21-11-10-17-14(12-21)4-3-5-18(17)20/h3-9,22H,10-13H2,1-2H3. The number of hydrogen-bond acceptors (Lipinski definition) is 4. The summed E-state index contributed by atoms with van der Waals surface area (Å²) in [6.45, 7) is 3.80. The molecule has 0 saturated carbocycles. The zero-order valence-corrected chi connectivity index (χ0v) is 15.9. The van der Waals surface area contributed by atoms with Gasteiger partial charge < -0.3 is 5.11 Å². The van der Waals surface area contributed by atoms with Crippen molar-refractivity contribution in [2.24, 2.45) is 0 Å². The molecule has 0 amide bonds. The molecule has 0 spiro atoms. The summed E-state index contributed by atoms with van der Waals surface area (Å²) in [6, 6.07) is 12.4. The summed E-state index contributed by atoms with van der Waals surface area (Å²) in [5.74, 6) is 0. The third-order valence-corrected chi connectivity index (χ3v) is 6.21. The van der Waals surface area contributed by atoms with Crippen molar-refractivity contribution in [2.45, 2.75) is 30.4 Å². The molecule has 0 aromatic heterocycles. The predicted molar refractivity (Wildman–Crippen MR) is 99.6 cm³/mol. The molecule has 25 heavy (non-hydrogen) atoms. The molecule has 1 aliphatic rings. The number of halogens is 1. The van der Waals surface area contributed by atoms with Gasteiger partial charge in [-0.2, -0.15) is 0 Å². The summed E-state index contributed by atoms with van der Waals surface area (Å²) >= 11 is 6.25. The lowest BCUT2D eigenvalue weighted by Gasteiger charge is -2.35. The third kappa shape index (κ3) is 4.06. The zero-order chi connectivity index (χ0) is 18.2. The van der Waals surface area contributed by atoms with Gasteiger partial charge in [0, 0.05) is 30.9 Å². The van der Waals surface area contributed by atoms with Gasteiger partial charge in [0.15, 0.2) is 9.84 Å². The quantitative estimate of drug-likeness (QED) is 0.887. The molecule has 1 unspecified atom stereocenters.